The van der Waals surface area contributed by atoms with Crippen molar-refractivity contribution >= 4 is 18.3 Å². The smallest absolute Gasteiger partial charge is 0.237 e. The zero-order valence-electron chi connectivity index (χ0n) is 10.4. The highest BCUT2D eigenvalue weighted by Gasteiger charge is 2.32. The number of rotatable bonds is 4. The molecule has 1 amide bonds. The van der Waals surface area contributed by atoms with Crippen LogP contribution >= 0.6 is 12.4 Å². The fourth-order valence-corrected chi connectivity index (χ4v) is 2.32. The maximum absolute atomic E-state index is 11.9. The number of halogens is 1. The predicted octanol–water partition coefficient (Wildman–Crippen LogP) is 1.08. The van der Waals surface area contributed by atoms with Crippen LogP contribution in [0.25, 0.3) is 0 Å². The van der Waals surface area contributed by atoms with Gasteiger partial charge in [0.15, 0.2) is 0 Å². The first-order chi connectivity index (χ1) is 7.68. The van der Waals surface area contributed by atoms with Gasteiger partial charge < -0.3 is 15.8 Å². The molecule has 2 aliphatic rings. The summed E-state index contributed by atoms with van der Waals surface area (Å²) in [6.07, 6.45) is 4.31. The molecule has 2 rings (SSSR count). The van der Waals surface area contributed by atoms with E-state index in [0.29, 0.717) is 17.9 Å². The van der Waals surface area contributed by atoms with E-state index in [1.807, 2.05) is 0 Å². The van der Waals surface area contributed by atoms with E-state index in [4.69, 9.17) is 10.5 Å². The molecule has 1 aliphatic heterocycles. The second-order valence-corrected chi connectivity index (χ2v) is 5.11. The van der Waals surface area contributed by atoms with E-state index in [9.17, 15) is 4.79 Å². The Morgan fingerprint density at radius 3 is 2.35 bits per heavy atom. The monoisotopic (exact) mass is 262 g/mol. The molecular weight excluding hydrogens is 240 g/mol. The van der Waals surface area contributed by atoms with E-state index >= 15 is 0 Å². The molecule has 17 heavy (non-hydrogen) atoms. The quantitative estimate of drug-likeness (QED) is 0.797. The van der Waals surface area contributed by atoms with Gasteiger partial charge >= 0.3 is 0 Å². The Balaban J connectivity index is 0.00000144. The molecule has 0 bridgehead atoms. The first kappa shape index (κ1) is 14.7. The first-order valence-corrected chi connectivity index (χ1v) is 6.32. The van der Waals surface area contributed by atoms with Crippen LogP contribution in [-0.2, 0) is 9.53 Å². The van der Waals surface area contributed by atoms with Crippen LogP contribution in [0.5, 0.6) is 0 Å². The summed E-state index contributed by atoms with van der Waals surface area (Å²) >= 11 is 0. The SMILES string of the molecule is CC(NC(=O)C(N)C1CCOCC1)C1CC1.Cl. The fraction of sp³-hybridized carbons (Fsp3) is 0.917. The lowest BCUT2D eigenvalue weighted by Crippen LogP contribution is -2.49. The van der Waals surface area contributed by atoms with Crippen LogP contribution in [0.4, 0.5) is 0 Å². The molecule has 0 spiro atoms. The standard InChI is InChI=1S/C12H22N2O2.ClH/c1-8(9-2-3-9)14-12(15)11(13)10-4-6-16-7-5-10;/h8-11H,2-7,13H2,1H3,(H,14,15);1H. The van der Waals surface area contributed by atoms with Crippen molar-refractivity contribution in [1.29, 1.82) is 0 Å². The number of carbonyl (C=O) groups is 1. The molecule has 0 aromatic heterocycles. The van der Waals surface area contributed by atoms with Gasteiger partial charge in [0, 0.05) is 19.3 Å². The second-order valence-electron chi connectivity index (χ2n) is 5.11. The normalized spacial score (nSPS) is 24.6. The summed E-state index contributed by atoms with van der Waals surface area (Å²) in [5.74, 6) is 0.997. The number of ether oxygens (including phenoxy) is 1. The summed E-state index contributed by atoms with van der Waals surface area (Å²) in [7, 11) is 0. The van der Waals surface area contributed by atoms with Gasteiger partial charge in [-0.1, -0.05) is 0 Å². The lowest BCUT2D eigenvalue weighted by atomic mass is 9.91. The van der Waals surface area contributed by atoms with E-state index in [-0.39, 0.29) is 24.4 Å². The van der Waals surface area contributed by atoms with Crippen molar-refractivity contribution in [3.05, 3.63) is 0 Å². The van der Waals surface area contributed by atoms with Crippen LogP contribution < -0.4 is 11.1 Å². The highest BCUT2D eigenvalue weighted by Crippen LogP contribution is 2.32. The molecule has 2 fully saturated rings. The third-order valence-corrected chi connectivity index (χ3v) is 3.78. The van der Waals surface area contributed by atoms with Crippen LogP contribution in [0.3, 0.4) is 0 Å². The van der Waals surface area contributed by atoms with Crippen LogP contribution in [0.15, 0.2) is 0 Å². The van der Waals surface area contributed by atoms with Gasteiger partial charge in [-0.3, -0.25) is 4.79 Å². The van der Waals surface area contributed by atoms with Crippen LogP contribution in [0, 0.1) is 11.8 Å². The Kier molecular flexibility index (Phi) is 5.70. The lowest BCUT2D eigenvalue weighted by molar-refractivity contribution is -0.125. The molecular formula is C12H23ClN2O2. The van der Waals surface area contributed by atoms with Crippen molar-refractivity contribution < 1.29 is 9.53 Å². The minimum atomic E-state index is -0.356. The van der Waals surface area contributed by atoms with Crippen molar-refractivity contribution in [3.63, 3.8) is 0 Å². The third kappa shape index (κ3) is 4.12. The summed E-state index contributed by atoms with van der Waals surface area (Å²) < 4.78 is 5.27. The number of amides is 1. The predicted molar refractivity (Wildman–Crippen MR) is 69.1 cm³/mol. The van der Waals surface area contributed by atoms with Gasteiger partial charge in [0.1, 0.15) is 0 Å². The number of carbonyl (C=O) groups excluding carboxylic acids is 1. The Labute approximate surface area is 109 Å². The van der Waals surface area contributed by atoms with Crippen LogP contribution in [0.1, 0.15) is 32.6 Å². The molecule has 100 valence electrons. The number of hydrogen-bond acceptors (Lipinski definition) is 3. The largest absolute Gasteiger partial charge is 0.381 e. The third-order valence-electron chi connectivity index (χ3n) is 3.78. The molecule has 1 heterocycles. The fourth-order valence-electron chi connectivity index (χ4n) is 2.32. The van der Waals surface area contributed by atoms with Crippen molar-refractivity contribution in [1.82, 2.24) is 5.32 Å². The molecule has 0 aromatic rings. The minimum absolute atomic E-state index is 0. The molecule has 5 heteroatoms. The lowest BCUT2D eigenvalue weighted by Gasteiger charge is -2.27. The van der Waals surface area contributed by atoms with Gasteiger partial charge in [0.25, 0.3) is 0 Å². The summed E-state index contributed by atoms with van der Waals surface area (Å²) in [6, 6.07) is -0.0662. The molecule has 2 atom stereocenters. The van der Waals surface area contributed by atoms with E-state index in [1.54, 1.807) is 0 Å². The number of nitrogens with one attached hydrogen (secondary N) is 1. The van der Waals surface area contributed by atoms with Crippen molar-refractivity contribution in [2.75, 3.05) is 13.2 Å². The zero-order valence-corrected chi connectivity index (χ0v) is 11.2. The Morgan fingerprint density at radius 1 is 1.24 bits per heavy atom. The number of hydrogen-bond donors (Lipinski definition) is 2. The Hall–Kier alpha value is -0.320. The van der Waals surface area contributed by atoms with Crippen molar-refractivity contribution in [2.45, 2.75) is 44.7 Å². The second kappa shape index (κ2) is 6.57. The van der Waals surface area contributed by atoms with Crippen molar-refractivity contribution in [3.8, 4) is 0 Å². The van der Waals surface area contributed by atoms with Crippen molar-refractivity contribution in [2.24, 2.45) is 17.6 Å². The average molecular weight is 263 g/mol. The Morgan fingerprint density at radius 2 is 1.82 bits per heavy atom. The van der Waals surface area contributed by atoms with E-state index in [2.05, 4.69) is 12.2 Å². The van der Waals surface area contributed by atoms with Gasteiger partial charge in [-0.25, -0.2) is 0 Å². The summed E-state index contributed by atoms with van der Waals surface area (Å²) in [5.41, 5.74) is 5.99. The molecule has 0 radical (unpaired) electrons. The topological polar surface area (TPSA) is 64.4 Å². The summed E-state index contributed by atoms with van der Waals surface area (Å²) in [6.45, 7) is 3.56. The highest BCUT2D eigenvalue weighted by molar-refractivity contribution is 5.85. The molecule has 4 nitrogen and oxygen atoms in total. The van der Waals surface area contributed by atoms with Gasteiger partial charge in [0.05, 0.1) is 6.04 Å². The minimum Gasteiger partial charge on any atom is -0.381 e. The van der Waals surface area contributed by atoms with Gasteiger partial charge in [-0.05, 0) is 44.4 Å². The summed E-state index contributed by atoms with van der Waals surface area (Å²) in [4.78, 5) is 11.9. The van der Waals surface area contributed by atoms with E-state index in [0.717, 1.165) is 26.1 Å². The molecule has 3 N–H and O–H groups in total. The Bertz CT molecular complexity index is 253. The molecule has 0 aromatic carbocycles. The van der Waals surface area contributed by atoms with E-state index in [1.165, 1.54) is 12.8 Å². The maximum Gasteiger partial charge on any atom is 0.237 e. The first-order valence-electron chi connectivity index (χ1n) is 6.32. The summed E-state index contributed by atoms with van der Waals surface area (Å²) in [5, 5.41) is 3.03. The van der Waals surface area contributed by atoms with Gasteiger partial charge in [-0.2, -0.15) is 0 Å². The molecule has 2 unspecified atom stereocenters. The molecule has 1 aliphatic carbocycles. The maximum atomic E-state index is 11.9. The van der Waals surface area contributed by atoms with Gasteiger partial charge in [-0.15, -0.1) is 12.4 Å². The zero-order chi connectivity index (χ0) is 11.5. The molecule has 1 saturated carbocycles. The molecule has 1 saturated heterocycles. The number of nitrogens with two attached hydrogens (primary N) is 1. The van der Waals surface area contributed by atoms with Crippen LogP contribution in [-0.4, -0.2) is 31.2 Å². The highest BCUT2D eigenvalue weighted by atomic mass is 35.5. The van der Waals surface area contributed by atoms with Crippen LogP contribution in [0.2, 0.25) is 0 Å². The average Bonchev–Trinajstić information content (AvgIpc) is 3.13. The van der Waals surface area contributed by atoms with E-state index < -0.39 is 0 Å². The van der Waals surface area contributed by atoms with Gasteiger partial charge in [0.2, 0.25) is 5.91 Å².